The van der Waals surface area contributed by atoms with Crippen LogP contribution in [0.15, 0.2) is 12.1 Å². The number of halogens is 2. The highest BCUT2D eigenvalue weighted by Gasteiger charge is 2.42. The van der Waals surface area contributed by atoms with E-state index in [-0.39, 0.29) is 23.6 Å². The van der Waals surface area contributed by atoms with E-state index in [1.807, 2.05) is 6.92 Å². The first-order valence-corrected chi connectivity index (χ1v) is 5.64. The number of nitrogens with one attached hydrogen (secondary N) is 1. The second kappa shape index (κ2) is 3.42. The van der Waals surface area contributed by atoms with Gasteiger partial charge in [-0.15, -0.1) is 0 Å². The van der Waals surface area contributed by atoms with Crippen LogP contribution in [-0.4, -0.2) is 18.5 Å². The highest BCUT2D eigenvalue weighted by Crippen LogP contribution is 2.40. The lowest BCUT2D eigenvalue weighted by atomic mass is 10.00. The Labute approximate surface area is 97.4 Å². The molecular weight excluding hydrogens is 226 g/mol. The molecule has 0 bridgehead atoms. The first-order chi connectivity index (χ1) is 8.08. The molecule has 3 nitrogen and oxygen atoms in total. The second-order valence-corrected chi connectivity index (χ2v) is 4.68. The van der Waals surface area contributed by atoms with Crippen molar-refractivity contribution in [2.24, 2.45) is 5.92 Å². The fourth-order valence-electron chi connectivity index (χ4n) is 2.72. The number of carbonyl (C=O) groups excluding carboxylic acids is 1. The molecule has 0 radical (unpaired) electrons. The van der Waals surface area contributed by atoms with Gasteiger partial charge in [0, 0.05) is 12.6 Å². The summed E-state index contributed by atoms with van der Waals surface area (Å²) >= 11 is 0. The van der Waals surface area contributed by atoms with Crippen LogP contribution in [0.4, 0.5) is 20.2 Å². The summed E-state index contributed by atoms with van der Waals surface area (Å²) < 4.78 is 26.8. The van der Waals surface area contributed by atoms with Crippen LogP contribution in [0.25, 0.3) is 0 Å². The Balaban J connectivity index is 2.16. The molecule has 1 amide bonds. The third kappa shape index (κ3) is 1.41. The van der Waals surface area contributed by atoms with Crippen LogP contribution >= 0.6 is 0 Å². The summed E-state index contributed by atoms with van der Waals surface area (Å²) in [6, 6.07) is 1.77. The minimum Gasteiger partial charge on any atom is -0.357 e. The lowest BCUT2D eigenvalue weighted by Gasteiger charge is -2.34. The number of rotatable bonds is 0. The molecule has 1 aromatic rings. The Morgan fingerprint density at radius 3 is 2.94 bits per heavy atom. The van der Waals surface area contributed by atoms with Gasteiger partial charge in [0.05, 0.1) is 5.69 Å². The fraction of sp³-hybridized carbons (Fsp3) is 0.417. The van der Waals surface area contributed by atoms with Gasteiger partial charge in [0.2, 0.25) is 5.91 Å². The van der Waals surface area contributed by atoms with Crippen LogP contribution in [0, 0.1) is 17.6 Å². The van der Waals surface area contributed by atoms with Crippen molar-refractivity contribution in [1.82, 2.24) is 0 Å². The summed E-state index contributed by atoms with van der Waals surface area (Å²) in [5.74, 6) is -1.33. The Morgan fingerprint density at radius 2 is 2.18 bits per heavy atom. The van der Waals surface area contributed by atoms with Crippen LogP contribution in [0.3, 0.4) is 0 Å². The van der Waals surface area contributed by atoms with Gasteiger partial charge in [0.15, 0.2) is 5.82 Å². The zero-order chi connectivity index (χ0) is 12.2. The molecule has 2 unspecified atom stereocenters. The standard InChI is InChI=1S/C12H12F2N2O/c1-6-2-3-16-9-5-7(13)4-8(14)10(9)15-12(17)11(6)16/h4-6,11H,2-3H2,1H3,(H,15,17). The molecule has 0 aliphatic carbocycles. The third-order valence-electron chi connectivity index (χ3n) is 3.56. The molecule has 2 heterocycles. The molecular formula is C12H12F2N2O. The van der Waals surface area contributed by atoms with Crippen LogP contribution in [-0.2, 0) is 4.79 Å². The van der Waals surface area contributed by atoms with Gasteiger partial charge >= 0.3 is 0 Å². The van der Waals surface area contributed by atoms with E-state index < -0.39 is 11.6 Å². The number of anilines is 2. The predicted octanol–water partition coefficient (Wildman–Crippen LogP) is 2.13. The lowest BCUT2D eigenvalue weighted by molar-refractivity contribution is -0.118. The number of nitrogens with zero attached hydrogens (tertiary/aromatic N) is 1. The largest absolute Gasteiger partial charge is 0.357 e. The monoisotopic (exact) mass is 238 g/mol. The normalized spacial score (nSPS) is 26.5. The predicted molar refractivity (Wildman–Crippen MR) is 59.9 cm³/mol. The molecule has 1 N–H and O–H groups in total. The minimum atomic E-state index is -0.716. The van der Waals surface area contributed by atoms with Gasteiger partial charge in [-0.25, -0.2) is 8.78 Å². The third-order valence-corrected chi connectivity index (χ3v) is 3.56. The number of hydrogen-bond donors (Lipinski definition) is 1. The second-order valence-electron chi connectivity index (χ2n) is 4.68. The van der Waals surface area contributed by atoms with E-state index in [1.54, 1.807) is 4.90 Å². The Kier molecular flexibility index (Phi) is 2.11. The number of fused-ring (bicyclic) bond motifs is 3. The molecule has 17 heavy (non-hydrogen) atoms. The van der Waals surface area contributed by atoms with E-state index in [0.29, 0.717) is 12.2 Å². The van der Waals surface area contributed by atoms with Crippen molar-refractivity contribution in [2.45, 2.75) is 19.4 Å². The summed E-state index contributed by atoms with van der Waals surface area (Å²) in [4.78, 5) is 13.7. The number of hydrogen-bond acceptors (Lipinski definition) is 2. The highest BCUT2D eigenvalue weighted by atomic mass is 19.1. The number of benzene rings is 1. The van der Waals surface area contributed by atoms with Crippen molar-refractivity contribution in [1.29, 1.82) is 0 Å². The topological polar surface area (TPSA) is 32.3 Å². The molecule has 1 saturated heterocycles. The summed E-state index contributed by atoms with van der Waals surface area (Å²) in [6.07, 6.45) is 0.857. The molecule has 2 aliphatic heterocycles. The first-order valence-electron chi connectivity index (χ1n) is 5.64. The van der Waals surface area contributed by atoms with Gasteiger partial charge in [-0.3, -0.25) is 4.79 Å². The van der Waals surface area contributed by atoms with Gasteiger partial charge in [0.1, 0.15) is 17.5 Å². The van der Waals surface area contributed by atoms with E-state index in [4.69, 9.17) is 0 Å². The van der Waals surface area contributed by atoms with E-state index in [2.05, 4.69) is 5.32 Å². The van der Waals surface area contributed by atoms with E-state index in [1.165, 1.54) is 6.07 Å². The fourth-order valence-corrected chi connectivity index (χ4v) is 2.72. The van der Waals surface area contributed by atoms with Gasteiger partial charge in [0.25, 0.3) is 0 Å². The summed E-state index contributed by atoms with van der Waals surface area (Å²) in [7, 11) is 0. The summed E-state index contributed by atoms with van der Waals surface area (Å²) in [6.45, 7) is 2.64. The molecule has 2 atom stereocenters. The summed E-state index contributed by atoms with van der Waals surface area (Å²) in [5, 5.41) is 2.53. The molecule has 90 valence electrons. The maximum Gasteiger partial charge on any atom is 0.247 e. The highest BCUT2D eigenvalue weighted by molar-refractivity contribution is 6.04. The Hall–Kier alpha value is -1.65. The quantitative estimate of drug-likeness (QED) is 0.751. The molecule has 3 rings (SSSR count). The molecule has 5 heteroatoms. The molecule has 1 aromatic carbocycles. The first kappa shape index (κ1) is 10.5. The van der Waals surface area contributed by atoms with Crippen LogP contribution in [0.1, 0.15) is 13.3 Å². The van der Waals surface area contributed by atoms with Crippen molar-refractivity contribution >= 4 is 17.3 Å². The van der Waals surface area contributed by atoms with Crippen molar-refractivity contribution < 1.29 is 13.6 Å². The zero-order valence-corrected chi connectivity index (χ0v) is 9.34. The Bertz CT molecular complexity index is 504. The summed E-state index contributed by atoms with van der Waals surface area (Å²) in [5.41, 5.74) is 0.554. The van der Waals surface area contributed by atoms with Gasteiger partial charge < -0.3 is 10.2 Å². The van der Waals surface area contributed by atoms with Crippen molar-refractivity contribution in [3.8, 4) is 0 Å². The van der Waals surface area contributed by atoms with Crippen molar-refractivity contribution in [2.75, 3.05) is 16.8 Å². The molecule has 1 fully saturated rings. The molecule has 0 aromatic heterocycles. The van der Waals surface area contributed by atoms with Crippen molar-refractivity contribution in [3.05, 3.63) is 23.8 Å². The molecule has 2 aliphatic rings. The lowest BCUT2D eigenvalue weighted by Crippen LogP contribution is -2.46. The van der Waals surface area contributed by atoms with E-state index in [0.717, 1.165) is 12.5 Å². The number of amides is 1. The van der Waals surface area contributed by atoms with Crippen molar-refractivity contribution in [3.63, 3.8) is 0 Å². The van der Waals surface area contributed by atoms with Crippen LogP contribution in [0.5, 0.6) is 0 Å². The van der Waals surface area contributed by atoms with Gasteiger partial charge in [-0.2, -0.15) is 0 Å². The van der Waals surface area contributed by atoms with Gasteiger partial charge in [-0.1, -0.05) is 6.92 Å². The SMILES string of the molecule is CC1CCN2c3cc(F)cc(F)c3NC(=O)C12. The maximum atomic E-state index is 13.6. The average molecular weight is 238 g/mol. The molecule has 0 spiro atoms. The minimum absolute atomic E-state index is 0.0988. The zero-order valence-electron chi connectivity index (χ0n) is 9.34. The Morgan fingerprint density at radius 1 is 1.41 bits per heavy atom. The smallest absolute Gasteiger partial charge is 0.247 e. The van der Waals surface area contributed by atoms with E-state index >= 15 is 0 Å². The molecule has 0 saturated carbocycles. The maximum absolute atomic E-state index is 13.6. The van der Waals surface area contributed by atoms with Crippen LogP contribution in [0.2, 0.25) is 0 Å². The number of carbonyl (C=O) groups is 1. The average Bonchev–Trinajstić information content (AvgIpc) is 2.64. The van der Waals surface area contributed by atoms with Gasteiger partial charge in [-0.05, 0) is 18.4 Å². The van der Waals surface area contributed by atoms with Crippen LogP contribution < -0.4 is 10.2 Å². The van der Waals surface area contributed by atoms with E-state index in [9.17, 15) is 13.6 Å².